The van der Waals surface area contributed by atoms with Gasteiger partial charge in [0.1, 0.15) is 0 Å². The molecule has 0 atom stereocenters. The standard InChI is InChI=1S/C37H21NS2/c38-22-23-8-5-9-25(20-23)36-26(24-18-19-28-27-10-1-3-15-32(27)40-35(28)21-24)12-6-13-29(36)30-14-7-17-34-37(30)31-11-2-4-16-33(31)39-34/h1-21H. The molecule has 0 aliphatic heterocycles. The van der Waals surface area contributed by atoms with Gasteiger partial charge in [-0.1, -0.05) is 91.0 Å². The van der Waals surface area contributed by atoms with E-state index in [0.717, 1.165) is 11.1 Å². The van der Waals surface area contributed by atoms with E-state index >= 15 is 0 Å². The summed E-state index contributed by atoms with van der Waals surface area (Å²) < 4.78 is 5.17. The fourth-order valence-electron chi connectivity index (χ4n) is 5.97. The molecule has 0 aliphatic rings. The molecule has 0 saturated carbocycles. The van der Waals surface area contributed by atoms with E-state index in [2.05, 4.69) is 115 Å². The van der Waals surface area contributed by atoms with Crippen LogP contribution in [0.3, 0.4) is 0 Å². The molecule has 0 aliphatic carbocycles. The molecule has 2 aromatic heterocycles. The molecule has 6 aromatic carbocycles. The Morgan fingerprint density at radius 1 is 0.450 bits per heavy atom. The summed E-state index contributed by atoms with van der Waals surface area (Å²) in [4.78, 5) is 0. The van der Waals surface area contributed by atoms with Gasteiger partial charge in [0.25, 0.3) is 0 Å². The van der Waals surface area contributed by atoms with Gasteiger partial charge in [0.15, 0.2) is 0 Å². The molecule has 8 rings (SSSR count). The smallest absolute Gasteiger partial charge is 0.0991 e. The Morgan fingerprint density at radius 3 is 1.98 bits per heavy atom. The SMILES string of the molecule is N#Cc1cccc(-c2c(-c3ccc4c(c3)sc3ccccc34)cccc2-c2cccc3sc4ccccc4c23)c1. The molecule has 0 amide bonds. The molecule has 0 saturated heterocycles. The first kappa shape index (κ1) is 23.2. The van der Waals surface area contributed by atoms with E-state index in [1.807, 2.05) is 40.9 Å². The minimum absolute atomic E-state index is 0.664. The van der Waals surface area contributed by atoms with Crippen molar-refractivity contribution >= 4 is 63.0 Å². The molecule has 0 fully saturated rings. The van der Waals surface area contributed by atoms with Gasteiger partial charge in [0.2, 0.25) is 0 Å². The highest BCUT2D eigenvalue weighted by atomic mass is 32.1. The van der Waals surface area contributed by atoms with Crippen LogP contribution < -0.4 is 0 Å². The summed E-state index contributed by atoms with van der Waals surface area (Å²) in [6.07, 6.45) is 0. The number of thiophene rings is 2. The van der Waals surface area contributed by atoms with E-state index in [1.54, 1.807) is 0 Å². The van der Waals surface area contributed by atoms with Crippen molar-refractivity contribution in [1.82, 2.24) is 0 Å². The first-order valence-electron chi connectivity index (χ1n) is 13.2. The molecule has 0 spiro atoms. The molecule has 186 valence electrons. The third-order valence-corrected chi connectivity index (χ3v) is 10.00. The van der Waals surface area contributed by atoms with Crippen LogP contribution >= 0.6 is 22.7 Å². The van der Waals surface area contributed by atoms with Crippen molar-refractivity contribution in [2.24, 2.45) is 0 Å². The molecule has 40 heavy (non-hydrogen) atoms. The van der Waals surface area contributed by atoms with E-state index in [9.17, 15) is 5.26 Å². The van der Waals surface area contributed by atoms with Gasteiger partial charge in [-0.2, -0.15) is 5.26 Å². The van der Waals surface area contributed by atoms with E-state index in [-0.39, 0.29) is 0 Å². The summed E-state index contributed by atoms with van der Waals surface area (Å²) in [5.41, 5.74) is 7.62. The normalized spacial score (nSPS) is 11.5. The quantitative estimate of drug-likeness (QED) is 0.217. The largest absolute Gasteiger partial charge is 0.192 e. The lowest BCUT2D eigenvalue weighted by atomic mass is 9.86. The van der Waals surface area contributed by atoms with Crippen molar-refractivity contribution in [2.75, 3.05) is 0 Å². The molecule has 2 heterocycles. The topological polar surface area (TPSA) is 23.8 Å². The Balaban J connectivity index is 1.45. The summed E-state index contributed by atoms with van der Waals surface area (Å²) >= 11 is 3.68. The van der Waals surface area contributed by atoms with Crippen LogP contribution in [0, 0.1) is 11.3 Å². The molecular weight excluding hydrogens is 523 g/mol. The third-order valence-electron chi connectivity index (χ3n) is 7.73. The van der Waals surface area contributed by atoms with Crippen LogP contribution in [0.25, 0.3) is 73.7 Å². The van der Waals surface area contributed by atoms with Crippen molar-refractivity contribution in [3.05, 3.63) is 133 Å². The molecule has 1 nitrogen and oxygen atoms in total. The molecule has 0 radical (unpaired) electrons. The fourth-order valence-corrected chi connectivity index (χ4v) is 8.24. The maximum atomic E-state index is 9.75. The van der Waals surface area contributed by atoms with Crippen LogP contribution in [-0.4, -0.2) is 0 Å². The first-order chi connectivity index (χ1) is 19.8. The lowest BCUT2D eigenvalue weighted by Gasteiger charge is -2.17. The zero-order valence-electron chi connectivity index (χ0n) is 21.4. The highest BCUT2D eigenvalue weighted by molar-refractivity contribution is 7.26. The predicted octanol–water partition coefficient (Wildman–Crippen LogP) is 11.3. The minimum atomic E-state index is 0.664. The number of benzene rings is 6. The van der Waals surface area contributed by atoms with Gasteiger partial charge in [-0.05, 0) is 69.8 Å². The van der Waals surface area contributed by atoms with Crippen molar-refractivity contribution in [1.29, 1.82) is 5.26 Å². The highest BCUT2D eigenvalue weighted by Gasteiger charge is 2.19. The second kappa shape index (κ2) is 9.17. The van der Waals surface area contributed by atoms with E-state index in [4.69, 9.17) is 0 Å². The number of fused-ring (bicyclic) bond motifs is 6. The molecule has 0 unspecified atom stereocenters. The van der Waals surface area contributed by atoms with Gasteiger partial charge < -0.3 is 0 Å². The Bertz CT molecular complexity index is 2290. The average Bonchev–Trinajstić information content (AvgIpc) is 3.58. The zero-order chi connectivity index (χ0) is 26.6. The van der Waals surface area contributed by atoms with Crippen molar-refractivity contribution in [3.8, 4) is 39.4 Å². The van der Waals surface area contributed by atoms with Gasteiger partial charge in [0, 0.05) is 40.3 Å². The number of hydrogen-bond donors (Lipinski definition) is 0. The van der Waals surface area contributed by atoms with Crippen molar-refractivity contribution in [2.45, 2.75) is 0 Å². The maximum absolute atomic E-state index is 9.75. The predicted molar refractivity (Wildman–Crippen MR) is 173 cm³/mol. The van der Waals surface area contributed by atoms with Gasteiger partial charge in [-0.15, -0.1) is 22.7 Å². The van der Waals surface area contributed by atoms with Crippen LogP contribution in [-0.2, 0) is 0 Å². The summed E-state index contributed by atoms with van der Waals surface area (Å²) in [7, 11) is 0. The lowest BCUT2D eigenvalue weighted by Crippen LogP contribution is -1.92. The summed E-state index contributed by atoms with van der Waals surface area (Å²) in [6, 6.07) is 47.8. The monoisotopic (exact) mass is 543 g/mol. The fraction of sp³-hybridized carbons (Fsp3) is 0. The van der Waals surface area contributed by atoms with Gasteiger partial charge in [-0.25, -0.2) is 0 Å². The molecule has 8 aromatic rings. The molecular formula is C37H21NS2. The minimum Gasteiger partial charge on any atom is -0.192 e. The maximum Gasteiger partial charge on any atom is 0.0991 e. The first-order valence-corrected chi connectivity index (χ1v) is 14.9. The second-order valence-corrected chi connectivity index (χ2v) is 12.2. The van der Waals surface area contributed by atoms with Gasteiger partial charge >= 0.3 is 0 Å². The van der Waals surface area contributed by atoms with E-state index in [0.29, 0.717) is 5.56 Å². The van der Waals surface area contributed by atoms with Crippen LogP contribution in [0.5, 0.6) is 0 Å². The van der Waals surface area contributed by atoms with Crippen molar-refractivity contribution in [3.63, 3.8) is 0 Å². The highest BCUT2D eigenvalue weighted by Crippen LogP contribution is 2.46. The molecule has 3 heteroatoms. The number of nitriles is 1. The number of hydrogen-bond acceptors (Lipinski definition) is 3. The van der Waals surface area contributed by atoms with Gasteiger partial charge in [0.05, 0.1) is 11.6 Å². The van der Waals surface area contributed by atoms with E-state index < -0.39 is 0 Å². The van der Waals surface area contributed by atoms with Crippen LogP contribution in [0.15, 0.2) is 127 Å². The Kier molecular flexibility index (Phi) is 5.31. The Labute approximate surface area is 239 Å². The lowest BCUT2D eigenvalue weighted by molar-refractivity contribution is 1.48. The molecule has 0 N–H and O–H groups in total. The van der Waals surface area contributed by atoms with Crippen LogP contribution in [0.1, 0.15) is 5.56 Å². The second-order valence-electron chi connectivity index (χ2n) is 10.0. The Hall–Kier alpha value is -4.75. The Morgan fingerprint density at radius 2 is 1.10 bits per heavy atom. The van der Waals surface area contributed by atoms with E-state index in [1.165, 1.54) is 62.6 Å². The molecule has 0 bridgehead atoms. The zero-order valence-corrected chi connectivity index (χ0v) is 23.0. The average molecular weight is 544 g/mol. The third kappa shape index (κ3) is 3.58. The summed E-state index contributed by atoms with van der Waals surface area (Å²) in [5.74, 6) is 0. The number of rotatable bonds is 3. The number of nitrogens with zero attached hydrogens (tertiary/aromatic N) is 1. The summed E-state index contributed by atoms with van der Waals surface area (Å²) in [6.45, 7) is 0. The van der Waals surface area contributed by atoms with Crippen molar-refractivity contribution < 1.29 is 0 Å². The van der Waals surface area contributed by atoms with Crippen LogP contribution in [0.4, 0.5) is 0 Å². The van der Waals surface area contributed by atoms with Crippen LogP contribution in [0.2, 0.25) is 0 Å². The van der Waals surface area contributed by atoms with Gasteiger partial charge in [-0.3, -0.25) is 0 Å². The summed E-state index contributed by atoms with van der Waals surface area (Å²) in [5, 5.41) is 14.9.